The summed E-state index contributed by atoms with van der Waals surface area (Å²) in [6, 6.07) is 12.6. The van der Waals surface area contributed by atoms with Crippen LogP contribution in [0, 0.1) is 13.0 Å². The zero-order valence-electron chi connectivity index (χ0n) is 12.7. The van der Waals surface area contributed by atoms with E-state index in [1.54, 1.807) is 19.1 Å². The average molecular weight is 367 g/mol. The zero-order valence-corrected chi connectivity index (χ0v) is 13.5. The highest BCUT2D eigenvalue weighted by Gasteiger charge is 2.38. The van der Waals surface area contributed by atoms with Gasteiger partial charge in [-0.3, -0.25) is 0 Å². The second-order valence-corrected chi connectivity index (χ2v) is 7.10. The van der Waals surface area contributed by atoms with Gasteiger partial charge in [0.25, 0.3) is 0 Å². The minimum absolute atomic E-state index is 0.0602. The minimum atomic E-state index is -4.78. The highest BCUT2D eigenvalue weighted by atomic mass is 32.2. The molecule has 0 bridgehead atoms. The van der Waals surface area contributed by atoms with E-state index in [9.17, 15) is 21.6 Å². The quantitative estimate of drug-likeness (QED) is 0.706. The van der Waals surface area contributed by atoms with Crippen molar-refractivity contribution in [1.29, 1.82) is 0 Å². The number of nitrogens with zero attached hydrogens (tertiary/aromatic N) is 2. The fourth-order valence-electron chi connectivity index (χ4n) is 2.10. The molecule has 3 rings (SSSR count). The number of aromatic nitrogens is 2. The fraction of sp³-hybridized carbons (Fsp3) is 0.125. The maximum atomic E-state index is 12.7. The molecule has 0 N–H and O–H groups in total. The highest BCUT2D eigenvalue weighted by Crippen LogP contribution is 2.30. The number of benzene rings is 2. The summed E-state index contributed by atoms with van der Waals surface area (Å²) in [4.78, 5) is 3.11. The third-order valence-electron chi connectivity index (χ3n) is 3.29. The second kappa shape index (κ2) is 5.99. The Labute approximate surface area is 141 Å². The molecule has 0 amide bonds. The first kappa shape index (κ1) is 17.2. The Hall–Kier alpha value is -2.68. The van der Waals surface area contributed by atoms with Crippen LogP contribution in [0.15, 0.2) is 56.8 Å². The smallest absolute Gasteiger partial charge is 0.329 e. The first-order chi connectivity index (χ1) is 11.7. The molecule has 129 valence electrons. The summed E-state index contributed by atoms with van der Waals surface area (Å²) in [5, 5.41) is 3.25. The van der Waals surface area contributed by atoms with E-state index in [0.29, 0.717) is 0 Å². The van der Waals surface area contributed by atoms with Crippen LogP contribution < -0.4 is 0 Å². The molecule has 0 aliphatic heterocycles. The van der Waals surface area contributed by atoms with Crippen LogP contribution in [-0.4, -0.2) is 18.6 Å². The third kappa shape index (κ3) is 3.41. The Kier molecular flexibility index (Phi) is 4.11. The average Bonchev–Trinajstić information content (AvgIpc) is 3.05. The molecule has 0 saturated carbocycles. The molecule has 25 heavy (non-hydrogen) atoms. The van der Waals surface area contributed by atoms with Crippen molar-refractivity contribution in [2.75, 3.05) is 0 Å². The number of sulfone groups is 1. The first-order valence-electron chi connectivity index (χ1n) is 6.93. The van der Waals surface area contributed by atoms with E-state index in [1.165, 1.54) is 24.3 Å². The van der Waals surface area contributed by atoms with Crippen molar-refractivity contribution < 1.29 is 26.1 Å². The van der Waals surface area contributed by atoms with Crippen molar-refractivity contribution in [3.05, 3.63) is 60.0 Å². The molecular weight excluding hydrogens is 357 g/mol. The summed E-state index contributed by atoms with van der Waals surface area (Å²) in [5.74, 6) is -1.86. The van der Waals surface area contributed by atoms with Crippen LogP contribution in [0.2, 0.25) is 0 Å². The molecule has 1 radical (unpaired) electrons. The molecule has 0 aliphatic carbocycles. The van der Waals surface area contributed by atoms with Gasteiger partial charge < -0.3 is 4.52 Å². The van der Waals surface area contributed by atoms with Gasteiger partial charge in [0.1, 0.15) is 0 Å². The lowest BCUT2D eigenvalue weighted by molar-refractivity contribution is -0.159. The summed E-state index contributed by atoms with van der Waals surface area (Å²) >= 11 is 0. The lowest BCUT2D eigenvalue weighted by atomic mass is 10.2. The van der Waals surface area contributed by atoms with Crippen LogP contribution in [0.3, 0.4) is 0 Å². The molecule has 5 nitrogen and oxygen atoms in total. The summed E-state index contributed by atoms with van der Waals surface area (Å²) < 4.78 is 67.1. The number of hydrogen-bond acceptors (Lipinski definition) is 5. The Morgan fingerprint density at radius 2 is 1.92 bits per heavy atom. The monoisotopic (exact) mass is 367 g/mol. The van der Waals surface area contributed by atoms with Crippen LogP contribution in [0.4, 0.5) is 13.2 Å². The highest BCUT2D eigenvalue weighted by molar-refractivity contribution is 7.91. The molecule has 0 spiro atoms. The lowest BCUT2D eigenvalue weighted by Crippen LogP contribution is -2.05. The van der Waals surface area contributed by atoms with Crippen molar-refractivity contribution in [2.24, 2.45) is 0 Å². The zero-order chi connectivity index (χ0) is 18.2. The summed E-state index contributed by atoms with van der Waals surface area (Å²) in [7, 11) is -3.88. The second-order valence-electron chi connectivity index (χ2n) is 5.18. The van der Waals surface area contributed by atoms with Crippen molar-refractivity contribution in [3.63, 3.8) is 0 Å². The third-order valence-corrected chi connectivity index (χ3v) is 4.98. The van der Waals surface area contributed by atoms with Gasteiger partial charge in [-0.15, -0.1) is 0 Å². The van der Waals surface area contributed by atoms with E-state index in [4.69, 9.17) is 0 Å². The van der Waals surface area contributed by atoms with Crippen LogP contribution in [0.5, 0.6) is 0 Å². The van der Waals surface area contributed by atoms with E-state index in [0.717, 1.165) is 11.6 Å². The molecule has 2 aromatic carbocycles. The number of hydrogen-bond donors (Lipinski definition) is 0. The molecule has 0 saturated heterocycles. The van der Waals surface area contributed by atoms with Crippen molar-refractivity contribution in [1.82, 2.24) is 10.1 Å². The largest absolute Gasteiger partial charge is 0.471 e. The van der Waals surface area contributed by atoms with Gasteiger partial charge in [-0.05, 0) is 30.7 Å². The van der Waals surface area contributed by atoms with Crippen molar-refractivity contribution in [3.8, 4) is 11.4 Å². The normalized spacial score (nSPS) is 12.3. The van der Waals surface area contributed by atoms with Crippen LogP contribution in [0.25, 0.3) is 11.4 Å². The predicted octanol–water partition coefficient (Wildman–Crippen LogP) is 3.70. The Bertz CT molecular complexity index is 1030. The lowest BCUT2D eigenvalue weighted by Gasteiger charge is -2.06. The first-order valence-corrected chi connectivity index (χ1v) is 8.41. The fourth-order valence-corrected chi connectivity index (χ4v) is 3.46. The molecule has 1 aromatic heterocycles. The van der Waals surface area contributed by atoms with E-state index in [2.05, 4.69) is 20.7 Å². The molecule has 0 fully saturated rings. The number of aryl methyl sites for hydroxylation is 1. The van der Waals surface area contributed by atoms with Crippen LogP contribution >= 0.6 is 0 Å². The van der Waals surface area contributed by atoms with Gasteiger partial charge in [0, 0.05) is 11.6 Å². The van der Waals surface area contributed by atoms with Gasteiger partial charge in [-0.1, -0.05) is 29.4 Å². The Balaban J connectivity index is 2.04. The number of alkyl halides is 3. The summed E-state index contributed by atoms with van der Waals surface area (Å²) in [6.07, 6.45) is -4.78. The summed E-state index contributed by atoms with van der Waals surface area (Å²) in [6.45, 7) is 1.75. The van der Waals surface area contributed by atoms with Gasteiger partial charge in [-0.2, -0.15) is 18.2 Å². The molecular formula is C16H10F3N2O3S. The maximum Gasteiger partial charge on any atom is 0.471 e. The maximum absolute atomic E-state index is 12.7. The van der Waals surface area contributed by atoms with Crippen LogP contribution in [0.1, 0.15) is 11.5 Å². The summed E-state index contributed by atoms with van der Waals surface area (Å²) in [5.41, 5.74) is 0.828. The van der Waals surface area contributed by atoms with Gasteiger partial charge in [0.15, 0.2) is 0 Å². The van der Waals surface area contributed by atoms with Gasteiger partial charge in [0.05, 0.1) is 9.79 Å². The van der Waals surface area contributed by atoms with E-state index in [1.807, 2.05) is 0 Å². The van der Waals surface area contributed by atoms with Crippen molar-refractivity contribution >= 4 is 9.84 Å². The number of rotatable bonds is 3. The molecule has 9 heteroatoms. The molecule has 0 aliphatic rings. The minimum Gasteiger partial charge on any atom is -0.329 e. The van der Waals surface area contributed by atoms with Gasteiger partial charge in [-0.25, -0.2) is 8.42 Å². The topological polar surface area (TPSA) is 73.1 Å². The van der Waals surface area contributed by atoms with E-state index in [-0.39, 0.29) is 21.2 Å². The van der Waals surface area contributed by atoms with E-state index < -0.39 is 21.9 Å². The van der Waals surface area contributed by atoms with Gasteiger partial charge in [0.2, 0.25) is 15.7 Å². The van der Waals surface area contributed by atoms with Crippen LogP contribution in [-0.2, 0) is 16.0 Å². The standard InChI is InChI=1S/C16H10F3N2O3S/c1-10-4-2-6-12(8-10)25(22,23)13-7-3-5-11(9-13)14-20-15(24-21-14)16(17,18)19/h2-6,8-9H,1H3. The Morgan fingerprint density at radius 3 is 2.56 bits per heavy atom. The molecule has 3 aromatic rings. The molecule has 0 atom stereocenters. The molecule has 0 unspecified atom stereocenters. The molecule has 1 heterocycles. The SMILES string of the molecule is Cc1cccc(S(=O)(=O)c2[c]ccc(-c3noc(C(F)(F)F)n3)c2)c1. The Morgan fingerprint density at radius 1 is 1.16 bits per heavy atom. The predicted molar refractivity (Wildman–Crippen MR) is 80.2 cm³/mol. The van der Waals surface area contributed by atoms with E-state index >= 15 is 0 Å². The number of halogens is 3. The van der Waals surface area contributed by atoms with Crippen molar-refractivity contribution in [2.45, 2.75) is 22.9 Å². The van der Waals surface area contributed by atoms with Gasteiger partial charge >= 0.3 is 12.1 Å².